The van der Waals surface area contributed by atoms with Gasteiger partial charge in [-0.05, 0) is 42.4 Å². The number of aryl methyl sites for hydroxylation is 1. The van der Waals surface area contributed by atoms with Crippen molar-refractivity contribution in [3.63, 3.8) is 0 Å². The number of fused-ring (bicyclic) bond motifs is 1. The Hall–Kier alpha value is -1.69. The van der Waals surface area contributed by atoms with Crippen molar-refractivity contribution in [3.05, 3.63) is 57.3 Å². The molecule has 4 nitrogen and oxygen atoms in total. The van der Waals surface area contributed by atoms with Gasteiger partial charge in [0.1, 0.15) is 0 Å². The average Bonchev–Trinajstić information content (AvgIpc) is 3.12. The van der Waals surface area contributed by atoms with Crippen LogP contribution in [0.15, 0.2) is 36.4 Å². The number of ether oxygens (including phenoxy) is 1. The summed E-state index contributed by atoms with van der Waals surface area (Å²) in [5.74, 6) is 0.783. The summed E-state index contributed by atoms with van der Waals surface area (Å²) in [5, 5.41) is 3.31. The van der Waals surface area contributed by atoms with Gasteiger partial charge < -0.3 is 10.1 Å². The number of hydrogen-bond donors (Lipinski definition) is 1. The van der Waals surface area contributed by atoms with Crippen molar-refractivity contribution in [3.8, 4) is 0 Å². The quantitative estimate of drug-likeness (QED) is 0.855. The Labute approximate surface area is 165 Å². The van der Waals surface area contributed by atoms with E-state index in [1.807, 2.05) is 18.2 Å². The van der Waals surface area contributed by atoms with Crippen LogP contribution in [0.1, 0.15) is 45.1 Å². The van der Waals surface area contributed by atoms with E-state index in [1.165, 1.54) is 16.9 Å². The van der Waals surface area contributed by atoms with Crippen LogP contribution in [0.4, 0.5) is 0 Å². The summed E-state index contributed by atoms with van der Waals surface area (Å²) in [6.07, 6.45) is 3.46. The molecule has 144 valence electrons. The van der Waals surface area contributed by atoms with Gasteiger partial charge in [-0.2, -0.15) is 0 Å². The van der Waals surface area contributed by atoms with Crippen molar-refractivity contribution in [2.45, 2.75) is 32.2 Å². The minimum Gasteiger partial charge on any atom is -0.379 e. The van der Waals surface area contributed by atoms with Gasteiger partial charge in [0, 0.05) is 24.5 Å². The zero-order chi connectivity index (χ0) is 18.6. The standard InChI is InChI=1S/C22H28N2O2S/c1-16-7-8-20-18(13-16)14-21(27-20)22(25)23-19(17-5-3-2-4-6-17)15-24-9-11-26-12-10-24/h2-6,14,16,19H,7-13,15H2,1H3,(H,23,25)/t16-,19+/m0/s1. The summed E-state index contributed by atoms with van der Waals surface area (Å²) in [6.45, 7) is 6.50. The Morgan fingerprint density at radius 2 is 2.07 bits per heavy atom. The normalized spacial score (nSPS) is 21.4. The number of carbonyl (C=O) groups is 1. The lowest BCUT2D eigenvalue weighted by molar-refractivity contribution is 0.0332. The molecule has 0 bridgehead atoms. The Bertz CT molecular complexity index is 768. The lowest BCUT2D eigenvalue weighted by Gasteiger charge is -2.31. The Kier molecular flexibility index (Phi) is 5.91. The molecule has 0 spiro atoms. The van der Waals surface area contributed by atoms with Crippen LogP contribution in [-0.2, 0) is 17.6 Å². The van der Waals surface area contributed by atoms with Crippen molar-refractivity contribution < 1.29 is 9.53 Å². The summed E-state index contributed by atoms with van der Waals surface area (Å²) in [5.41, 5.74) is 2.54. The third-order valence-corrected chi connectivity index (χ3v) is 6.84. The maximum Gasteiger partial charge on any atom is 0.261 e. The molecule has 1 amide bonds. The van der Waals surface area contributed by atoms with E-state index in [2.05, 4.69) is 35.3 Å². The monoisotopic (exact) mass is 384 g/mol. The second kappa shape index (κ2) is 8.55. The van der Waals surface area contributed by atoms with E-state index < -0.39 is 0 Å². The van der Waals surface area contributed by atoms with Crippen molar-refractivity contribution in [1.82, 2.24) is 10.2 Å². The molecule has 1 saturated heterocycles. The van der Waals surface area contributed by atoms with Gasteiger partial charge in [-0.25, -0.2) is 0 Å². The third kappa shape index (κ3) is 4.60. The molecule has 0 unspecified atom stereocenters. The van der Waals surface area contributed by atoms with Gasteiger partial charge in [-0.3, -0.25) is 9.69 Å². The van der Waals surface area contributed by atoms with Crippen molar-refractivity contribution in [2.75, 3.05) is 32.8 Å². The number of rotatable bonds is 5. The highest BCUT2D eigenvalue weighted by molar-refractivity contribution is 7.14. The summed E-state index contributed by atoms with van der Waals surface area (Å²) < 4.78 is 5.47. The molecule has 2 aliphatic rings. The van der Waals surface area contributed by atoms with Crippen LogP contribution in [-0.4, -0.2) is 43.7 Å². The molecule has 4 rings (SSSR count). The minimum absolute atomic E-state index is 0.00477. The molecule has 0 radical (unpaired) electrons. The van der Waals surface area contributed by atoms with E-state index in [-0.39, 0.29) is 11.9 Å². The van der Waals surface area contributed by atoms with Crippen LogP contribution in [0.2, 0.25) is 0 Å². The number of carbonyl (C=O) groups excluding carboxylic acids is 1. The molecule has 2 heterocycles. The molecule has 1 fully saturated rings. The maximum atomic E-state index is 13.0. The number of hydrogen-bond acceptors (Lipinski definition) is 4. The molecule has 1 aliphatic heterocycles. The lowest BCUT2D eigenvalue weighted by Crippen LogP contribution is -2.43. The van der Waals surface area contributed by atoms with Crippen molar-refractivity contribution in [1.29, 1.82) is 0 Å². The maximum absolute atomic E-state index is 13.0. The fourth-order valence-electron chi connectivity index (χ4n) is 4.01. The van der Waals surface area contributed by atoms with Crippen LogP contribution in [0, 0.1) is 5.92 Å². The molecule has 2 atom stereocenters. The topological polar surface area (TPSA) is 41.6 Å². The Morgan fingerprint density at radius 3 is 2.85 bits per heavy atom. The van der Waals surface area contributed by atoms with E-state index >= 15 is 0 Å². The zero-order valence-electron chi connectivity index (χ0n) is 15.9. The summed E-state index contributed by atoms with van der Waals surface area (Å²) in [7, 11) is 0. The van der Waals surface area contributed by atoms with E-state index in [1.54, 1.807) is 11.3 Å². The number of thiophene rings is 1. The first-order chi connectivity index (χ1) is 13.2. The first-order valence-corrected chi connectivity index (χ1v) is 10.8. The van der Waals surface area contributed by atoms with Gasteiger partial charge >= 0.3 is 0 Å². The van der Waals surface area contributed by atoms with E-state index in [0.717, 1.165) is 62.0 Å². The molecule has 27 heavy (non-hydrogen) atoms. The van der Waals surface area contributed by atoms with Gasteiger partial charge in [0.2, 0.25) is 0 Å². The second-order valence-corrected chi connectivity index (χ2v) is 8.89. The van der Waals surface area contributed by atoms with Gasteiger partial charge in [-0.1, -0.05) is 37.3 Å². The SMILES string of the molecule is C[C@H]1CCc2sc(C(=O)N[C@H](CN3CCOCC3)c3ccccc3)cc2C1. The highest BCUT2D eigenvalue weighted by Gasteiger charge is 2.24. The molecule has 5 heteroatoms. The van der Waals surface area contributed by atoms with Crippen molar-refractivity contribution in [2.24, 2.45) is 5.92 Å². The van der Waals surface area contributed by atoms with Gasteiger partial charge in [0.15, 0.2) is 0 Å². The molecule has 1 N–H and O–H groups in total. The third-order valence-electron chi connectivity index (χ3n) is 5.60. The van der Waals surface area contributed by atoms with Gasteiger partial charge in [0.05, 0.1) is 24.1 Å². The highest BCUT2D eigenvalue weighted by Crippen LogP contribution is 2.32. The van der Waals surface area contributed by atoms with Crippen LogP contribution >= 0.6 is 11.3 Å². The summed E-state index contributed by atoms with van der Waals surface area (Å²) >= 11 is 1.68. The lowest BCUT2D eigenvalue weighted by atomic mass is 9.90. The molecule has 2 aromatic rings. The molecular formula is C22H28N2O2S. The van der Waals surface area contributed by atoms with Crippen LogP contribution in [0.5, 0.6) is 0 Å². The number of amides is 1. The number of morpholine rings is 1. The smallest absolute Gasteiger partial charge is 0.261 e. The molecule has 0 saturated carbocycles. The molecule has 1 aromatic heterocycles. The minimum atomic E-state index is -0.00477. The van der Waals surface area contributed by atoms with Crippen LogP contribution in [0.25, 0.3) is 0 Å². The fraction of sp³-hybridized carbons (Fsp3) is 0.500. The van der Waals surface area contributed by atoms with Gasteiger partial charge in [0.25, 0.3) is 5.91 Å². The van der Waals surface area contributed by atoms with Gasteiger partial charge in [-0.15, -0.1) is 11.3 Å². The van der Waals surface area contributed by atoms with E-state index in [9.17, 15) is 4.79 Å². The van der Waals surface area contributed by atoms with E-state index in [0.29, 0.717) is 0 Å². The summed E-state index contributed by atoms with van der Waals surface area (Å²) in [6, 6.07) is 12.4. The number of nitrogens with zero attached hydrogens (tertiary/aromatic N) is 1. The largest absolute Gasteiger partial charge is 0.379 e. The first-order valence-electron chi connectivity index (χ1n) is 9.96. The fourth-order valence-corrected chi connectivity index (χ4v) is 5.12. The second-order valence-electron chi connectivity index (χ2n) is 7.76. The number of nitrogens with one attached hydrogen (secondary N) is 1. The predicted molar refractivity (Wildman–Crippen MR) is 109 cm³/mol. The molecular weight excluding hydrogens is 356 g/mol. The first kappa shape index (κ1) is 18.7. The predicted octanol–water partition coefficient (Wildman–Crippen LogP) is 3.68. The van der Waals surface area contributed by atoms with E-state index in [4.69, 9.17) is 4.74 Å². The zero-order valence-corrected chi connectivity index (χ0v) is 16.8. The molecule has 1 aliphatic carbocycles. The molecule has 1 aromatic carbocycles. The summed E-state index contributed by atoms with van der Waals surface area (Å²) in [4.78, 5) is 17.7. The number of benzene rings is 1. The highest BCUT2D eigenvalue weighted by atomic mass is 32.1. The average molecular weight is 385 g/mol. The van der Waals surface area contributed by atoms with Crippen LogP contribution < -0.4 is 5.32 Å². The van der Waals surface area contributed by atoms with Crippen LogP contribution in [0.3, 0.4) is 0 Å². The Balaban J connectivity index is 1.49. The Morgan fingerprint density at radius 1 is 1.30 bits per heavy atom. The van der Waals surface area contributed by atoms with Crippen molar-refractivity contribution >= 4 is 17.2 Å².